The Morgan fingerprint density at radius 3 is 2.53 bits per heavy atom. The molecule has 0 spiro atoms. The van der Waals surface area contributed by atoms with Crippen LogP contribution in [0.1, 0.15) is 4.88 Å². The van der Waals surface area contributed by atoms with Gasteiger partial charge in [0.05, 0.1) is 14.4 Å². The molecule has 2 rings (SSSR count). The molecule has 0 saturated heterocycles. The molecule has 19 heavy (non-hydrogen) atoms. The number of halogens is 2. The van der Waals surface area contributed by atoms with Gasteiger partial charge in [0.1, 0.15) is 0 Å². The fourth-order valence-corrected chi connectivity index (χ4v) is 4.58. The Morgan fingerprint density at radius 2 is 1.95 bits per heavy atom. The largest absolute Gasteiger partial charge is 0.379 e. The molecule has 0 aliphatic heterocycles. The topological polar surface area (TPSA) is 46.2 Å². The van der Waals surface area contributed by atoms with Gasteiger partial charge in [-0.3, -0.25) is 0 Å². The first kappa shape index (κ1) is 15.0. The van der Waals surface area contributed by atoms with Gasteiger partial charge in [0.15, 0.2) is 9.84 Å². The second-order valence-electron chi connectivity index (χ2n) is 3.96. The number of hydrogen-bond donors (Lipinski definition) is 1. The second-order valence-corrected chi connectivity index (χ2v) is 9.25. The average Bonchev–Trinajstić information content (AvgIpc) is 2.65. The molecule has 2 aromatic rings. The van der Waals surface area contributed by atoms with Crippen LogP contribution in [0.2, 0.25) is 0 Å². The fraction of sp³-hybridized carbons (Fsp3) is 0.167. The molecule has 7 heteroatoms. The van der Waals surface area contributed by atoms with Crippen molar-refractivity contribution in [1.29, 1.82) is 0 Å². The van der Waals surface area contributed by atoms with E-state index in [0.29, 0.717) is 17.1 Å². The summed E-state index contributed by atoms with van der Waals surface area (Å²) in [5.74, 6) is 0. The molecule has 1 aromatic carbocycles. The van der Waals surface area contributed by atoms with Crippen molar-refractivity contribution in [3.63, 3.8) is 0 Å². The van der Waals surface area contributed by atoms with E-state index in [1.165, 1.54) is 6.26 Å². The standard InChI is InChI=1S/C12H11Br2NO2S2/c1-19(16,17)11-5-3-2-4-10(11)15-7-8-6-9(13)12(14)18-8/h2-6,15H,7H2,1H3. The maximum atomic E-state index is 11.7. The fourth-order valence-electron chi connectivity index (χ4n) is 1.60. The molecule has 0 fully saturated rings. The highest BCUT2D eigenvalue weighted by atomic mass is 79.9. The summed E-state index contributed by atoms with van der Waals surface area (Å²) in [6.07, 6.45) is 1.21. The third kappa shape index (κ3) is 3.81. The second kappa shape index (κ2) is 5.95. The number of anilines is 1. The maximum Gasteiger partial charge on any atom is 0.177 e. The number of thiophene rings is 1. The minimum Gasteiger partial charge on any atom is -0.379 e. The van der Waals surface area contributed by atoms with E-state index >= 15 is 0 Å². The summed E-state index contributed by atoms with van der Waals surface area (Å²) in [6, 6.07) is 8.92. The van der Waals surface area contributed by atoms with Crippen molar-refractivity contribution >= 4 is 58.7 Å². The number of hydrogen-bond acceptors (Lipinski definition) is 4. The van der Waals surface area contributed by atoms with E-state index in [4.69, 9.17) is 0 Å². The number of benzene rings is 1. The molecule has 0 radical (unpaired) electrons. The van der Waals surface area contributed by atoms with Gasteiger partial charge in [-0.1, -0.05) is 12.1 Å². The summed E-state index contributed by atoms with van der Waals surface area (Å²) in [5.41, 5.74) is 0.630. The Balaban J connectivity index is 2.21. The predicted molar refractivity (Wildman–Crippen MR) is 86.6 cm³/mol. The maximum absolute atomic E-state index is 11.7. The van der Waals surface area contributed by atoms with Crippen LogP contribution in [0.4, 0.5) is 5.69 Å². The molecule has 102 valence electrons. The van der Waals surface area contributed by atoms with E-state index in [1.807, 2.05) is 12.1 Å². The number of sulfone groups is 1. The smallest absolute Gasteiger partial charge is 0.177 e. The van der Waals surface area contributed by atoms with E-state index in [9.17, 15) is 8.42 Å². The van der Waals surface area contributed by atoms with Crippen molar-refractivity contribution in [2.24, 2.45) is 0 Å². The number of para-hydroxylation sites is 1. The van der Waals surface area contributed by atoms with Crippen LogP contribution >= 0.6 is 43.2 Å². The van der Waals surface area contributed by atoms with Crippen molar-refractivity contribution < 1.29 is 8.42 Å². The van der Waals surface area contributed by atoms with Gasteiger partial charge in [-0.15, -0.1) is 11.3 Å². The van der Waals surface area contributed by atoms with Gasteiger partial charge >= 0.3 is 0 Å². The molecule has 1 N–H and O–H groups in total. The molecule has 3 nitrogen and oxygen atoms in total. The SMILES string of the molecule is CS(=O)(=O)c1ccccc1NCc1cc(Br)c(Br)s1. The van der Waals surface area contributed by atoms with Crippen molar-refractivity contribution in [3.05, 3.63) is 43.5 Å². The zero-order chi connectivity index (χ0) is 14.0. The lowest BCUT2D eigenvalue weighted by Crippen LogP contribution is -2.05. The summed E-state index contributed by atoms with van der Waals surface area (Å²) in [5, 5.41) is 3.17. The minimum atomic E-state index is -3.22. The van der Waals surface area contributed by atoms with E-state index in [-0.39, 0.29) is 0 Å². The van der Waals surface area contributed by atoms with Gasteiger partial charge in [-0.05, 0) is 50.1 Å². The van der Waals surface area contributed by atoms with E-state index < -0.39 is 9.84 Å². The quantitative estimate of drug-likeness (QED) is 0.796. The third-order valence-electron chi connectivity index (χ3n) is 2.44. The first-order chi connectivity index (χ1) is 8.88. The van der Waals surface area contributed by atoms with Crippen molar-refractivity contribution in [2.45, 2.75) is 11.4 Å². The highest BCUT2D eigenvalue weighted by Crippen LogP contribution is 2.33. The summed E-state index contributed by atoms with van der Waals surface area (Å²) >= 11 is 8.47. The Labute approximate surface area is 133 Å². The number of nitrogens with one attached hydrogen (secondary N) is 1. The van der Waals surface area contributed by atoms with Gasteiger partial charge in [0.2, 0.25) is 0 Å². The molecule has 1 heterocycles. The molecule has 0 saturated carbocycles. The predicted octanol–water partition coefficient (Wildman–Crippen LogP) is 4.29. The van der Waals surface area contributed by atoms with Crippen LogP contribution in [0.25, 0.3) is 0 Å². The minimum absolute atomic E-state index is 0.324. The van der Waals surface area contributed by atoms with Gasteiger partial charge in [-0.2, -0.15) is 0 Å². The summed E-state index contributed by atoms with van der Waals surface area (Å²) in [6.45, 7) is 0.585. The Morgan fingerprint density at radius 1 is 1.26 bits per heavy atom. The molecule has 0 aliphatic rings. The molecule has 0 unspecified atom stereocenters. The summed E-state index contributed by atoms with van der Waals surface area (Å²) in [7, 11) is -3.22. The Kier molecular flexibility index (Phi) is 4.70. The lowest BCUT2D eigenvalue weighted by molar-refractivity contribution is 0.602. The molecule has 0 amide bonds. The zero-order valence-corrected chi connectivity index (χ0v) is 14.8. The van der Waals surface area contributed by atoms with E-state index in [2.05, 4.69) is 37.2 Å². The molecule has 1 aromatic heterocycles. The molecule has 0 aliphatic carbocycles. The van der Waals surface area contributed by atoms with Gasteiger partial charge in [0.25, 0.3) is 0 Å². The lowest BCUT2D eigenvalue weighted by Gasteiger charge is -2.09. The molecule has 0 atom stereocenters. The van der Waals surface area contributed by atoms with E-state index in [1.54, 1.807) is 29.5 Å². The van der Waals surface area contributed by atoms with Crippen LogP contribution in [0, 0.1) is 0 Å². The van der Waals surface area contributed by atoms with E-state index in [0.717, 1.165) is 13.1 Å². The van der Waals surface area contributed by atoms with Crippen molar-refractivity contribution in [1.82, 2.24) is 0 Å². The first-order valence-electron chi connectivity index (χ1n) is 5.34. The van der Waals surface area contributed by atoms with Gasteiger partial charge < -0.3 is 5.32 Å². The number of rotatable bonds is 4. The third-order valence-corrected chi connectivity index (χ3v) is 6.85. The Bertz CT molecular complexity index is 676. The average molecular weight is 425 g/mol. The normalized spacial score (nSPS) is 11.5. The molecular weight excluding hydrogens is 414 g/mol. The van der Waals surface area contributed by atoms with Crippen LogP contribution in [-0.4, -0.2) is 14.7 Å². The Hall–Kier alpha value is -0.370. The molecule has 0 bridgehead atoms. The molecular formula is C12H11Br2NO2S2. The summed E-state index contributed by atoms with van der Waals surface area (Å²) < 4.78 is 25.4. The first-order valence-corrected chi connectivity index (χ1v) is 9.64. The van der Waals surface area contributed by atoms with Gasteiger partial charge in [-0.25, -0.2) is 8.42 Å². The van der Waals surface area contributed by atoms with Crippen LogP contribution in [0.5, 0.6) is 0 Å². The van der Waals surface area contributed by atoms with Crippen molar-refractivity contribution in [3.8, 4) is 0 Å². The monoisotopic (exact) mass is 423 g/mol. The zero-order valence-electron chi connectivity index (χ0n) is 9.98. The van der Waals surface area contributed by atoms with Crippen LogP contribution in [-0.2, 0) is 16.4 Å². The van der Waals surface area contributed by atoms with Crippen LogP contribution in [0.15, 0.2) is 43.5 Å². The highest BCUT2D eigenvalue weighted by molar-refractivity contribution is 9.13. The van der Waals surface area contributed by atoms with Crippen molar-refractivity contribution in [2.75, 3.05) is 11.6 Å². The van der Waals surface area contributed by atoms with Crippen LogP contribution < -0.4 is 5.32 Å². The lowest BCUT2D eigenvalue weighted by atomic mass is 10.3. The summed E-state index contributed by atoms with van der Waals surface area (Å²) in [4.78, 5) is 1.44. The van der Waals surface area contributed by atoms with Gasteiger partial charge in [0, 0.05) is 22.2 Å². The highest BCUT2D eigenvalue weighted by Gasteiger charge is 2.12. The van der Waals surface area contributed by atoms with Crippen LogP contribution in [0.3, 0.4) is 0 Å².